The number of ether oxygens (including phenoxy) is 1. The average molecular weight is 520 g/mol. The van der Waals surface area contributed by atoms with Crippen LogP contribution >= 0.6 is 23.2 Å². The quantitative estimate of drug-likeness (QED) is 0.306. The van der Waals surface area contributed by atoms with Crippen LogP contribution in [0.4, 0.5) is 4.39 Å². The molecule has 0 aliphatic carbocycles. The largest absolute Gasteiger partial charge is 0.481 e. The van der Waals surface area contributed by atoms with Crippen LogP contribution in [0.2, 0.25) is 5.02 Å². The van der Waals surface area contributed by atoms with Crippen LogP contribution < -0.4 is 10.4 Å². The van der Waals surface area contributed by atoms with Crippen LogP contribution in [-0.4, -0.2) is 41.7 Å². The smallest absolute Gasteiger partial charge is 0.336 e. The molecular formula is C26H24Cl2FNO5. The minimum absolute atomic E-state index is 0.0167. The SMILES string of the molecule is C[C@@H](Oc1ccc2c(-c3ccc(F)cc3Cl)cc(=O)oc2c1)C(=O)N1CCC[C@H](CC(=O)CCl)C1. The number of hydrogen-bond acceptors (Lipinski definition) is 5. The fourth-order valence-electron chi connectivity index (χ4n) is 4.47. The number of amides is 1. The second kappa shape index (κ2) is 10.8. The van der Waals surface area contributed by atoms with Crippen LogP contribution in [-0.2, 0) is 9.59 Å². The van der Waals surface area contributed by atoms with Crippen LogP contribution in [0, 0.1) is 11.7 Å². The molecule has 0 unspecified atom stereocenters. The summed E-state index contributed by atoms with van der Waals surface area (Å²) in [6, 6.07) is 10.2. The van der Waals surface area contributed by atoms with Gasteiger partial charge in [0.25, 0.3) is 5.91 Å². The molecule has 1 fully saturated rings. The number of ketones is 1. The van der Waals surface area contributed by atoms with Gasteiger partial charge in [0.05, 0.1) is 10.9 Å². The van der Waals surface area contributed by atoms with Crippen molar-refractivity contribution in [1.82, 2.24) is 4.90 Å². The highest BCUT2D eigenvalue weighted by atomic mass is 35.5. The van der Waals surface area contributed by atoms with Gasteiger partial charge in [0.2, 0.25) is 0 Å². The predicted molar refractivity (Wildman–Crippen MR) is 133 cm³/mol. The maximum atomic E-state index is 13.5. The molecule has 1 saturated heterocycles. The normalized spacial score (nSPS) is 16.8. The van der Waals surface area contributed by atoms with E-state index in [2.05, 4.69) is 0 Å². The third-order valence-corrected chi connectivity index (χ3v) is 6.70. The highest BCUT2D eigenvalue weighted by molar-refractivity contribution is 6.33. The zero-order chi connectivity index (χ0) is 25.1. The first-order chi connectivity index (χ1) is 16.7. The molecule has 0 saturated carbocycles. The lowest BCUT2D eigenvalue weighted by molar-refractivity contribution is -0.140. The average Bonchev–Trinajstić information content (AvgIpc) is 2.83. The van der Waals surface area contributed by atoms with Gasteiger partial charge in [0.15, 0.2) is 6.10 Å². The maximum absolute atomic E-state index is 13.5. The number of carbonyl (C=O) groups is 2. The number of hydrogen-bond donors (Lipinski definition) is 0. The molecule has 6 nitrogen and oxygen atoms in total. The number of alkyl halides is 1. The summed E-state index contributed by atoms with van der Waals surface area (Å²) in [5.74, 6) is -0.244. The lowest BCUT2D eigenvalue weighted by Gasteiger charge is -2.34. The molecule has 184 valence electrons. The fraction of sp³-hybridized carbons (Fsp3) is 0.346. The van der Waals surface area contributed by atoms with E-state index in [1.54, 1.807) is 30.0 Å². The Morgan fingerprint density at radius 2 is 2.00 bits per heavy atom. The first kappa shape index (κ1) is 25.2. The molecule has 1 aromatic heterocycles. The standard InChI is InChI=1S/C26H24Cl2FNO5/c1-15(26(33)30-8-2-3-16(14-30)9-18(31)13-27)34-19-5-7-21-22(12-25(32)35-24(21)11-19)20-6-4-17(29)10-23(20)28/h4-7,10-12,15-16H,2-3,8-9,13-14H2,1H3/t15-,16-/m1/s1. The summed E-state index contributed by atoms with van der Waals surface area (Å²) in [7, 11) is 0. The number of benzene rings is 2. The second-order valence-electron chi connectivity index (χ2n) is 8.69. The van der Waals surface area contributed by atoms with Crippen LogP contribution in [0.15, 0.2) is 51.7 Å². The van der Waals surface area contributed by atoms with Gasteiger partial charge in [-0.25, -0.2) is 9.18 Å². The van der Waals surface area contributed by atoms with Gasteiger partial charge in [-0.3, -0.25) is 9.59 Å². The van der Waals surface area contributed by atoms with Crippen molar-refractivity contribution < 1.29 is 23.1 Å². The summed E-state index contributed by atoms with van der Waals surface area (Å²) in [6.07, 6.45) is 1.28. The molecule has 35 heavy (non-hydrogen) atoms. The van der Waals surface area contributed by atoms with Crippen LogP contribution in [0.3, 0.4) is 0 Å². The van der Waals surface area contributed by atoms with Gasteiger partial charge in [-0.05, 0) is 56.0 Å². The van der Waals surface area contributed by atoms with E-state index in [0.29, 0.717) is 41.8 Å². The van der Waals surface area contributed by atoms with Gasteiger partial charge in [-0.2, -0.15) is 0 Å². The van der Waals surface area contributed by atoms with E-state index in [0.717, 1.165) is 12.8 Å². The number of piperidine rings is 1. The number of nitrogens with zero attached hydrogens (tertiary/aromatic N) is 1. The van der Waals surface area contributed by atoms with Gasteiger partial charge >= 0.3 is 5.63 Å². The summed E-state index contributed by atoms with van der Waals surface area (Å²) in [5.41, 5.74) is 0.654. The van der Waals surface area contributed by atoms with E-state index in [1.165, 1.54) is 24.3 Å². The first-order valence-corrected chi connectivity index (χ1v) is 12.2. The van der Waals surface area contributed by atoms with Crippen molar-refractivity contribution in [3.63, 3.8) is 0 Å². The zero-order valence-corrected chi connectivity index (χ0v) is 20.6. The molecule has 1 amide bonds. The third kappa shape index (κ3) is 5.85. The molecule has 2 aromatic carbocycles. The molecule has 0 radical (unpaired) electrons. The molecule has 4 rings (SSSR count). The van der Waals surface area contributed by atoms with Gasteiger partial charge in [-0.15, -0.1) is 11.6 Å². The summed E-state index contributed by atoms with van der Waals surface area (Å²) < 4.78 is 24.7. The van der Waals surface area contributed by atoms with Crippen molar-refractivity contribution >= 4 is 45.9 Å². The van der Waals surface area contributed by atoms with Crippen molar-refractivity contribution in [1.29, 1.82) is 0 Å². The minimum atomic E-state index is -0.781. The van der Waals surface area contributed by atoms with Gasteiger partial charge in [-0.1, -0.05) is 11.6 Å². The number of Topliss-reactive ketones (excluding diaryl/α,β-unsaturated/α-hetero) is 1. The Balaban J connectivity index is 1.53. The molecule has 0 spiro atoms. The lowest BCUT2D eigenvalue weighted by Crippen LogP contribution is -2.46. The van der Waals surface area contributed by atoms with Crippen molar-refractivity contribution in [2.24, 2.45) is 5.92 Å². The van der Waals surface area contributed by atoms with E-state index in [1.807, 2.05) is 0 Å². The highest BCUT2D eigenvalue weighted by Crippen LogP contribution is 2.34. The van der Waals surface area contributed by atoms with Crippen molar-refractivity contribution in [2.45, 2.75) is 32.3 Å². The summed E-state index contributed by atoms with van der Waals surface area (Å²) in [5, 5.41) is 0.760. The summed E-state index contributed by atoms with van der Waals surface area (Å²) >= 11 is 11.8. The summed E-state index contributed by atoms with van der Waals surface area (Å²) in [6.45, 7) is 2.75. The minimum Gasteiger partial charge on any atom is -0.481 e. The van der Waals surface area contributed by atoms with E-state index in [9.17, 15) is 18.8 Å². The molecule has 0 bridgehead atoms. The maximum Gasteiger partial charge on any atom is 0.336 e. The Hall–Kier alpha value is -2.90. The Labute approximate surface area is 211 Å². The topological polar surface area (TPSA) is 76.8 Å². The molecule has 1 aliphatic heterocycles. The number of carbonyl (C=O) groups excluding carboxylic acids is 2. The molecule has 9 heteroatoms. The van der Waals surface area contributed by atoms with Crippen molar-refractivity contribution in [3.8, 4) is 16.9 Å². The number of fused-ring (bicyclic) bond motifs is 1. The van der Waals surface area contributed by atoms with E-state index >= 15 is 0 Å². The van der Waals surface area contributed by atoms with Gasteiger partial charge < -0.3 is 14.1 Å². The number of rotatable bonds is 7. The number of halogens is 3. The third-order valence-electron chi connectivity index (χ3n) is 6.09. The molecule has 0 N–H and O–H groups in total. The summed E-state index contributed by atoms with van der Waals surface area (Å²) in [4.78, 5) is 38.6. The fourth-order valence-corrected chi connectivity index (χ4v) is 4.85. The zero-order valence-electron chi connectivity index (χ0n) is 19.1. The van der Waals surface area contributed by atoms with Crippen molar-refractivity contribution in [3.05, 3.63) is 63.7 Å². The lowest BCUT2D eigenvalue weighted by atomic mass is 9.93. The molecule has 3 aromatic rings. The van der Waals surface area contributed by atoms with E-state index in [-0.39, 0.29) is 34.1 Å². The first-order valence-electron chi connectivity index (χ1n) is 11.3. The Morgan fingerprint density at radius 3 is 2.74 bits per heavy atom. The highest BCUT2D eigenvalue weighted by Gasteiger charge is 2.29. The Morgan fingerprint density at radius 1 is 1.20 bits per heavy atom. The molecule has 2 heterocycles. The Bertz CT molecular complexity index is 1320. The van der Waals surface area contributed by atoms with E-state index in [4.69, 9.17) is 32.4 Å². The van der Waals surface area contributed by atoms with E-state index < -0.39 is 17.5 Å². The van der Waals surface area contributed by atoms with Crippen LogP contribution in [0.25, 0.3) is 22.1 Å². The number of likely N-dealkylation sites (tertiary alicyclic amines) is 1. The predicted octanol–water partition coefficient (Wildman–Crippen LogP) is 5.46. The Kier molecular flexibility index (Phi) is 7.77. The van der Waals surface area contributed by atoms with Crippen molar-refractivity contribution in [2.75, 3.05) is 19.0 Å². The second-order valence-corrected chi connectivity index (χ2v) is 9.36. The monoisotopic (exact) mass is 519 g/mol. The molecule has 1 aliphatic rings. The van der Waals surface area contributed by atoms with Crippen LogP contribution in [0.5, 0.6) is 5.75 Å². The molecule has 2 atom stereocenters. The van der Waals surface area contributed by atoms with Gasteiger partial charge in [0.1, 0.15) is 22.9 Å². The van der Waals surface area contributed by atoms with Crippen LogP contribution in [0.1, 0.15) is 26.2 Å². The van der Waals surface area contributed by atoms with Gasteiger partial charge in [0, 0.05) is 48.2 Å². The molecular weight excluding hydrogens is 496 g/mol.